The molecule has 0 spiro atoms. The van der Waals surface area contributed by atoms with Gasteiger partial charge >= 0.3 is 0 Å². The first-order valence-corrected chi connectivity index (χ1v) is 7.45. The summed E-state index contributed by atoms with van der Waals surface area (Å²) in [5.74, 6) is 1.68. The van der Waals surface area contributed by atoms with Gasteiger partial charge in [-0.3, -0.25) is 0 Å². The molecule has 0 aliphatic heterocycles. The van der Waals surface area contributed by atoms with Crippen LogP contribution in [0.25, 0.3) is 10.8 Å². The maximum Gasteiger partial charge on any atom is 0.122 e. The SMILES string of the molecule is COc1cc2cc(CCO)ccc2c(C2CCC2)c1C. The summed E-state index contributed by atoms with van der Waals surface area (Å²) in [4.78, 5) is 0. The molecular formula is C18H22O2. The molecule has 2 heteroatoms. The lowest BCUT2D eigenvalue weighted by Crippen LogP contribution is -2.11. The molecule has 106 valence electrons. The third kappa shape index (κ3) is 2.18. The van der Waals surface area contributed by atoms with Gasteiger partial charge in [-0.05, 0) is 65.6 Å². The Morgan fingerprint density at radius 3 is 2.65 bits per heavy atom. The van der Waals surface area contributed by atoms with E-state index < -0.39 is 0 Å². The van der Waals surface area contributed by atoms with E-state index in [4.69, 9.17) is 9.84 Å². The smallest absolute Gasteiger partial charge is 0.122 e. The van der Waals surface area contributed by atoms with E-state index in [1.807, 2.05) is 0 Å². The molecule has 0 amide bonds. The highest BCUT2D eigenvalue weighted by molar-refractivity contribution is 5.90. The average Bonchev–Trinajstić information content (AvgIpc) is 2.40. The first-order chi connectivity index (χ1) is 9.74. The first-order valence-electron chi connectivity index (χ1n) is 7.45. The van der Waals surface area contributed by atoms with Crippen LogP contribution in [0.4, 0.5) is 0 Å². The van der Waals surface area contributed by atoms with Crippen molar-refractivity contribution in [2.45, 2.75) is 38.5 Å². The molecule has 0 bridgehead atoms. The van der Waals surface area contributed by atoms with E-state index >= 15 is 0 Å². The first kappa shape index (κ1) is 13.4. The van der Waals surface area contributed by atoms with Crippen LogP contribution in [0.2, 0.25) is 0 Å². The normalized spacial score (nSPS) is 15.3. The molecule has 2 aromatic carbocycles. The quantitative estimate of drug-likeness (QED) is 0.911. The molecule has 0 heterocycles. The minimum atomic E-state index is 0.198. The summed E-state index contributed by atoms with van der Waals surface area (Å²) in [5, 5.41) is 11.7. The van der Waals surface area contributed by atoms with Gasteiger partial charge in [0.1, 0.15) is 5.75 Å². The van der Waals surface area contributed by atoms with Crippen LogP contribution >= 0.6 is 0 Å². The lowest BCUT2D eigenvalue weighted by atomic mass is 9.76. The fourth-order valence-corrected chi connectivity index (χ4v) is 3.28. The summed E-state index contributed by atoms with van der Waals surface area (Å²) in [6, 6.07) is 8.69. The number of hydrogen-bond acceptors (Lipinski definition) is 2. The van der Waals surface area contributed by atoms with Gasteiger partial charge in [-0.15, -0.1) is 0 Å². The summed E-state index contributed by atoms with van der Waals surface area (Å²) in [7, 11) is 1.75. The molecule has 3 rings (SSSR count). The average molecular weight is 270 g/mol. The second-order valence-corrected chi connectivity index (χ2v) is 5.77. The predicted molar refractivity (Wildman–Crippen MR) is 82.6 cm³/mol. The molecule has 0 unspecified atom stereocenters. The van der Waals surface area contributed by atoms with Gasteiger partial charge in [0, 0.05) is 6.61 Å². The third-order valence-corrected chi connectivity index (χ3v) is 4.60. The summed E-state index contributed by atoms with van der Waals surface area (Å²) >= 11 is 0. The minimum Gasteiger partial charge on any atom is -0.496 e. The van der Waals surface area contributed by atoms with Crippen molar-refractivity contribution in [1.82, 2.24) is 0 Å². The summed E-state index contributed by atoms with van der Waals surface area (Å²) in [6.45, 7) is 2.37. The van der Waals surface area contributed by atoms with Crippen LogP contribution in [0.1, 0.15) is 41.9 Å². The molecule has 2 aromatic rings. The van der Waals surface area contributed by atoms with E-state index in [1.54, 1.807) is 7.11 Å². The van der Waals surface area contributed by atoms with Gasteiger partial charge in [-0.1, -0.05) is 24.6 Å². The predicted octanol–water partition coefficient (Wildman–Crippen LogP) is 3.96. The van der Waals surface area contributed by atoms with Crippen LogP contribution in [0.5, 0.6) is 5.75 Å². The highest BCUT2D eigenvalue weighted by Crippen LogP contribution is 2.44. The monoisotopic (exact) mass is 270 g/mol. The maximum atomic E-state index is 9.10. The van der Waals surface area contributed by atoms with E-state index in [1.165, 1.54) is 46.7 Å². The van der Waals surface area contributed by atoms with Gasteiger partial charge in [0.25, 0.3) is 0 Å². The fourth-order valence-electron chi connectivity index (χ4n) is 3.28. The lowest BCUT2D eigenvalue weighted by Gasteiger charge is -2.29. The Hall–Kier alpha value is -1.54. The van der Waals surface area contributed by atoms with E-state index in [2.05, 4.69) is 31.2 Å². The van der Waals surface area contributed by atoms with Crippen LogP contribution in [-0.4, -0.2) is 18.8 Å². The topological polar surface area (TPSA) is 29.5 Å². The van der Waals surface area contributed by atoms with Crippen LogP contribution in [0.3, 0.4) is 0 Å². The second kappa shape index (κ2) is 5.45. The van der Waals surface area contributed by atoms with E-state index in [-0.39, 0.29) is 6.61 Å². The van der Waals surface area contributed by atoms with Crippen molar-refractivity contribution >= 4 is 10.8 Å². The number of benzene rings is 2. The zero-order chi connectivity index (χ0) is 14.1. The van der Waals surface area contributed by atoms with Crippen molar-refractivity contribution in [3.05, 3.63) is 41.0 Å². The summed E-state index contributed by atoms with van der Waals surface area (Å²) in [6.07, 6.45) is 4.64. The second-order valence-electron chi connectivity index (χ2n) is 5.77. The molecule has 1 saturated carbocycles. The molecular weight excluding hydrogens is 248 g/mol. The van der Waals surface area contributed by atoms with Gasteiger partial charge in [0.15, 0.2) is 0 Å². The summed E-state index contributed by atoms with van der Waals surface area (Å²) < 4.78 is 5.56. The fraction of sp³-hybridized carbons (Fsp3) is 0.444. The van der Waals surface area contributed by atoms with Crippen LogP contribution < -0.4 is 4.74 Å². The standard InChI is InChI=1S/C18H22O2/c1-12-17(20-2)11-15-10-13(8-9-19)6-7-16(15)18(12)14-4-3-5-14/h6-7,10-11,14,19H,3-5,8-9H2,1-2H3. The summed E-state index contributed by atoms with van der Waals surface area (Å²) in [5.41, 5.74) is 3.95. The molecule has 1 N–H and O–H groups in total. The molecule has 2 nitrogen and oxygen atoms in total. The van der Waals surface area contributed by atoms with Gasteiger partial charge in [0.05, 0.1) is 7.11 Å². The Balaban J connectivity index is 2.19. The van der Waals surface area contributed by atoms with Crippen molar-refractivity contribution in [2.24, 2.45) is 0 Å². The van der Waals surface area contributed by atoms with Gasteiger partial charge in [-0.25, -0.2) is 0 Å². The molecule has 1 aliphatic carbocycles. The maximum absolute atomic E-state index is 9.10. The van der Waals surface area contributed by atoms with Crippen molar-refractivity contribution in [3.63, 3.8) is 0 Å². The Kier molecular flexibility index (Phi) is 3.66. The molecule has 0 atom stereocenters. The number of hydrogen-bond donors (Lipinski definition) is 1. The van der Waals surface area contributed by atoms with Gasteiger partial charge in [-0.2, -0.15) is 0 Å². The minimum absolute atomic E-state index is 0.198. The highest BCUT2D eigenvalue weighted by Gasteiger charge is 2.24. The van der Waals surface area contributed by atoms with Gasteiger partial charge < -0.3 is 9.84 Å². The Labute approximate surface area is 120 Å². The van der Waals surface area contributed by atoms with Crippen LogP contribution in [0, 0.1) is 6.92 Å². The largest absolute Gasteiger partial charge is 0.496 e. The number of ether oxygens (including phenoxy) is 1. The van der Waals surface area contributed by atoms with E-state index in [9.17, 15) is 0 Å². The van der Waals surface area contributed by atoms with Crippen LogP contribution in [-0.2, 0) is 6.42 Å². The van der Waals surface area contributed by atoms with E-state index in [0.717, 1.165) is 5.75 Å². The highest BCUT2D eigenvalue weighted by atomic mass is 16.5. The zero-order valence-electron chi connectivity index (χ0n) is 12.3. The Morgan fingerprint density at radius 2 is 2.05 bits per heavy atom. The molecule has 20 heavy (non-hydrogen) atoms. The number of methoxy groups -OCH3 is 1. The Morgan fingerprint density at radius 1 is 1.25 bits per heavy atom. The van der Waals surface area contributed by atoms with Crippen molar-refractivity contribution < 1.29 is 9.84 Å². The molecule has 1 aliphatic rings. The lowest BCUT2D eigenvalue weighted by molar-refractivity contribution is 0.299. The van der Waals surface area contributed by atoms with Crippen molar-refractivity contribution in [1.29, 1.82) is 0 Å². The van der Waals surface area contributed by atoms with Gasteiger partial charge in [0.2, 0.25) is 0 Å². The molecule has 0 aromatic heterocycles. The Bertz CT molecular complexity index is 627. The number of fused-ring (bicyclic) bond motifs is 1. The van der Waals surface area contributed by atoms with Crippen molar-refractivity contribution in [2.75, 3.05) is 13.7 Å². The molecule has 1 fully saturated rings. The number of aliphatic hydroxyl groups is 1. The number of rotatable bonds is 4. The van der Waals surface area contributed by atoms with E-state index in [0.29, 0.717) is 12.3 Å². The van der Waals surface area contributed by atoms with Crippen LogP contribution in [0.15, 0.2) is 24.3 Å². The van der Waals surface area contributed by atoms with Crippen molar-refractivity contribution in [3.8, 4) is 5.75 Å². The molecule has 0 saturated heterocycles. The third-order valence-electron chi connectivity index (χ3n) is 4.60. The number of aliphatic hydroxyl groups excluding tert-OH is 1. The molecule has 0 radical (unpaired) electrons. The zero-order valence-corrected chi connectivity index (χ0v) is 12.3.